The number of unbranched alkanes of at least 4 members (excludes halogenated alkanes) is 9. The van der Waals surface area contributed by atoms with Crippen molar-refractivity contribution in [3.8, 4) is 0 Å². The van der Waals surface area contributed by atoms with E-state index in [0.717, 1.165) is 10.9 Å². The molecule has 0 atom stereocenters. The quantitative estimate of drug-likeness (QED) is 0.237. The summed E-state index contributed by atoms with van der Waals surface area (Å²) in [5.41, 5.74) is 0. The van der Waals surface area contributed by atoms with Gasteiger partial charge in [0.2, 0.25) is 0 Å². The third kappa shape index (κ3) is 9.39. The van der Waals surface area contributed by atoms with Crippen LogP contribution in [-0.4, -0.2) is 21.8 Å². The van der Waals surface area contributed by atoms with Gasteiger partial charge < -0.3 is 4.90 Å². The molecule has 0 aromatic heterocycles. The van der Waals surface area contributed by atoms with Gasteiger partial charge in [0, 0.05) is 12.6 Å². The van der Waals surface area contributed by atoms with E-state index in [2.05, 4.69) is 24.5 Å². The van der Waals surface area contributed by atoms with E-state index in [9.17, 15) is 0 Å². The summed E-state index contributed by atoms with van der Waals surface area (Å²) < 4.78 is 0.822. The number of hydrogen-bond acceptors (Lipinski definition) is 1. The van der Waals surface area contributed by atoms with Gasteiger partial charge in [0.1, 0.15) is 4.32 Å². The largest absolute Gasteiger partial charge is 0.355 e. The Morgan fingerprint density at radius 2 is 1.36 bits per heavy atom. The fourth-order valence-corrected chi connectivity index (χ4v) is 4.10. The Bertz CT molecular complexity index is 275. The highest BCUT2D eigenvalue weighted by molar-refractivity contribution is 8.10. The van der Waals surface area contributed by atoms with Crippen molar-refractivity contribution < 1.29 is 0 Å². The van der Waals surface area contributed by atoms with E-state index in [1.807, 2.05) is 0 Å². The maximum absolute atomic E-state index is 5.36. The molecule has 0 aromatic carbocycles. The summed E-state index contributed by atoms with van der Waals surface area (Å²) in [4.78, 5) is 2.41. The highest BCUT2D eigenvalue weighted by Gasteiger charge is 2.21. The lowest BCUT2D eigenvalue weighted by atomic mass is 9.94. The van der Waals surface area contributed by atoms with Crippen LogP contribution in [0.15, 0.2) is 0 Å². The normalized spacial score (nSPS) is 15.9. The number of hydrogen-bond donors (Lipinski definition) is 1. The first kappa shape index (κ1) is 20.3. The molecule has 3 heteroatoms. The second kappa shape index (κ2) is 13.7. The molecule has 0 amide bonds. The van der Waals surface area contributed by atoms with Crippen LogP contribution in [0.25, 0.3) is 0 Å². The Morgan fingerprint density at radius 1 is 0.864 bits per heavy atom. The van der Waals surface area contributed by atoms with Gasteiger partial charge >= 0.3 is 0 Å². The molecule has 0 bridgehead atoms. The zero-order valence-corrected chi connectivity index (χ0v) is 16.4. The first-order valence-corrected chi connectivity index (χ1v) is 10.6. The van der Waals surface area contributed by atoms with Crippen molar-refractivity contribution in [2.75, 3.05) is 6.54 Å². The van der Waals surface area contributed by atoms with Crippen LogP contribution in [0.4, 0.5) is 0 Å². The van der Waals surface area contributed by atoms with Gasteiger partial charge in [0.15, 0.2) is 0 Å². The fraction of sp³-hybridized carbons (Fsp3) is 0.947. The Morgan fingerprint density at radius 3 is 1.86 bits per heavy atom. The van der Waals surface area contributed by atoms with Gasteiger partial charge in [0.05, 0.1) is 0 Å². The molecule has 0 saturated heterocycles. The molecule has 1 aliphatic carbocycles. The van der Waals surface area contributed by atoms with E-state index in [-0.39, 0.29) is 0 Å². The summed E-state index contributed by atoms with van der Waals surface area (Å²) >= 11 is 9.82. The standard InChI is InChI=1S/C19H37NS2/c1-2-3-4-5-6-7-8-9-10-14-17-20(19(21)22)18-15-12-11-13-16-18/h18H,2-17H2,1H3,(H,21,22). The molecule has 0 heterocycles. The zero-order chi connectivity index (χ0) is 16.0. The van der Waals surface area contributed by atoms with Crippen molar-refractivity contribution >= 4 is 29.2 Å². The molecule has 1 aliphatic rings. The fourth-order valence-electron chi connectivity index (χ4n) is 3.60. The molecule has 130 valence electrons. The molecule has 0 spiro atoms. The second-order valence-corrected chi connectivity index (χ2v) is 8.06. The van der Waals surface area contributed by atoms with Gasteiger partial charge in [-0.2, -0.15) is 0 Å². The van der Waals surface area contributed by atoms with Crippen molar-refractivity contribution in [3.63, 3.8) is 0 Å². The van der Waals surface area contributed by atoms with Crippen molar-refractivity contribution in [2.45, 2.75) is 109 Å². The molecule has 0 N–H and O–H groups in total. The van der Waals surface area contributed by atoms with Crippen LogP contribution < -0.4 is 0 Å². The van der Waals surface area contributed by atoms with Crippen molar-refractivity contribution in [1.82, 2.24) is 4.90 Å². The molecule has 0 aromatic rings. The Hall–Kier alpha value is 0.240. The zero-order valence-electron chi connectivity index (χ0n) is 14.7. The minimum atomic E-state index is 0.678. The summed E-state index contributed by atoms with van der Waals surface area (Å²) in [7, 11) is 0. The minimum Gasteiger partial charge on any atom is -0.355 e. The molecule has 1 nitrogen and oxygen atoms in total. The lowest BCUT2D eigenvalue weighted by Gasteiger charge is -2.35. The summed E-state index contributed by atoms with van der Waals surface area (Å²) in [6, 6.07) is 0.678. The SMILES string of the molecule is CCCCCCCCCCCCN(C(=S)S)C1CCCCC1. The highest BCUT2D eigenvalue weighted by Crippen LogP contribution is 2.24. The first-order chi connectivity index (χ1) is 10.8. The number of nitrogens with zero attached hydrogens (tertiary/aromatic N) is 1. The van der Waals surface area contributed by atoms with Crippen molar-refractivity contribution in [3.05, 3.63) is 0 Å². The molecule has 0 radical (unpaired) electrons. The van der Waals surface area contributed by atoms with Crippen LogP contribution in [0, 0.1) is 0 Å². The molecule has 0 aliphatic heterocycles. The predicted octanol–water partition coefficient (Wildman–Crippen LogP) is 6.76. The van der Waals surface area contributed by atoms with E-state index in [1.54, 1.807) is 0 Å². The summed E-state index contributed by atoms with van der Waals surface area (Å²) in [6.07, 6.45) is 20.8. The minimum absolute atomic E-state index is 0.678. The molecule has 0 unspecified atom stereocenters. The summed E-state index contributed by atoms with van der Waals surface area (Å²) in [5, 5.41) is 0. The molecule has 1 fully saturated rings. The Kier molecular flexibility index (Phi) is 12.6. The average Bonchev–Trinajstić information content (AvgIpc) is 2.53. The van der Waals surface area contributed by atoms with E-state index in [1.165, 1.54) is 96.3 Å². The van der Waals surface area contributed by atoms with E-state index in [4.69, 9.17) is 12.2 Å². The smallest absolute Gasteiger partial charge is 0.133 e. The van der Waals surface area contributed by atoms with Crippen molar-refractivity contribution in [2.24, 2.45) is 0 Å². The van der Waals surface area contributed by atoms with Crippen LogP contribution in [0.3, 0.4) is 0 Å². The van der Waals surface area contributed by atoms with Crippen LogP contribution in [0.5, 0.6) is 0 Å². The number of rotatable bonds is 12. The average molecular weight is 344 g/mol. The Balaban J connectivity index is 2.00. The van der Waals surface area contributed by atoms with Gasteiger partial charge in [-0.3, -0.25) is 0 Å². The van der Waals surface area contributed by atoms with Crippen molar-refractivity contribution in [1.29, 1.82) is 0 Å². The van der Waals surface area contributed by atoms with Crippen LogP contribution in [0.2, 0.25) is 0 Å². The van der Waals surface area contributed by atoms with E-state index in [0.29, 0.717) is 6.04 Å². The van der Waals surface area contributed by atoms with Crippen LogP contribution in [-0.2, 0) is 0 Å². The molecular weight excluding hydrogens is 306 g/mol. The topological polar surface area (TPSA) is 3.24 Å². The van der Waals surface area contributed by atoms with Crippen LogP contribution >= 0.6 is 24.8 Å². The van der Waals surface area contributed by atoms with Gasteiger partial charge in [0.25, 0.3) is 0 Å². The second-order valence-electron chi connectivity index (χ2n) is 6.95. The monoisotopic (exact) mass is 343 g/mol. The predicted molar refractivity (Wildman–Crippen MR) is 107 cm³/mol. The number of thiocarbonyl (C=S) groups is 1. The first-order valence-electron chi connectivity index (χ1n) is 9.75. The van der Waals surface area contributed by atoms with Gasteiger partial charge in [-0.25, -0.2) is 0 Å². The number of thiol groups is 1. The Labute approximate surface area is 150 Å². The summed E-state index contributed by atoms with van der Waals surface area (Å²) in [6.45, 7) is 3.41. The third-order valence-corrected chi connectivity index (χ3v) is 5.51. The lowest BCUT2D eigenvalue weighted by molar-refractivity contribution is 0.246. The van der Waals surface area contributed by atoms with Gasteiger partial charge in [-0.1, -0.05) is 96.2 Å². The maximum Gasteiger partial charge on any atom is 0.133 e. The lowest BCUT2D eigenvalue weighted by Crippen LogP contribution is -2.39. The molecule has 1 rings (SSSR count). The molecule has 1 saturated carbocycles. The van der Waals surface area contributed by atoms with Gasteiger partial charge in [-0.15, -0.1) is 12.6 Å². The molecule has 22 heavy (non-hydrogen) atoms. The maximum atomic E-state index is 5.36. The van der Waals surface area contributed by atoms with Gasteiger partial charge in [-0.05, 0) is 19.3 Å². The van der Waals surface area contributed by atoms with E-state index < -0.39 is 0 Å². The summed E-state index contributed by atoms with van der Waals surface area (Å²) in [5.74, 6) is 0. The molecular formula is C19H37NS2. The highest BCUT2D eigenvalue weighted by atomic mass is 32.1. The third-order valence-electron chi connectivity index (χ3n) is 5.01. The van der Waals surface area contributed by atoms with E-state index >= 15 is 0 Å². The van der Waals surface area contributed by atoms with Crippen LogP contribution in [0.1, 0.15) is 103 Å².